The third kappa shape index (κ3) is 22.0. The molecule has 6 aliphatic rings. The number of carbonyl (C=O) groups excluding carboxylic acids is 10. The number of amides is 6. The maximum atomic E-state index is 15.2. The van der Waals surface area contributed by atoms with Gasteiger partial charge in [-0.1, -0.05) is 113 Å². The van der Waals surface area contributed by atoms with Crippen molar-refractivity contribution in [2.45, 2.75) is 183 Å². The average Bonchev–Trinajstić information content (AvgIpc) is 1.47. The van der Waals surface area contributed by atoms with Crippen molar-refractivity contribution in [2.75, 3.05) is 113 Å². The second-order valence-corrected chi connectivity index (χ2v) is 40.5. The highest BCUT2D eigenvalue weighted by Crippen LogP contribution is 2.68. The number of aliphatic hydroxyl groups excluding tert-OH is 1. The number of carbonyl (C=O) groups is 12. The number of nitrogens with one attached hydrogen (secondary N) is 8. The number of methoxy groups -OCH3 is 1. The van der Waals surface area contributed by atoms with Gasteiger partial charge in [0, 0.05) is 175 Å². The molecule has 710 valence electrons. The van der Waals surface area contributed by atoms with Gasteiger partial charge in [-0.3, -0.25) is 63.2 Å². The lowest BCUT2D eigenvalue weighted by Crippen LogP contribution is -2.82. The molecule has 2 aromatic heterocycles. The van der Waals surface area contributed by atoms with Gasteiger partial charge < -0.3 is 85.5 Å². The molecule has 1 unspecified atom stereocenters. The molecule has 2 bridgehead atoms. The van der Waals surface area contributed by atoms with E-state index in [4.69, 9.17) is 25.4 Å². The molecule has 132 heavy (non-hydrogen) atoms. The fraction of sp³-hybridized carbons (Fsp3) is 0.527. The summed E-state index contributed by atoms with van der Waals surface area (Å²) in [6, 6.07) is 18.2. The third-order valence-electron chi connectivity index (χ3n) is 26.5. The Labute approximate surface area is 780 Å². The smallest absolute Gasteiger partial charge is 0.426 e. The Hall–Kier alpha value is -10.7. The molecule has 15 atom stereocenters. The predicted molar refractivity (Wildman–Crippen MR) is 501 cm³/mol. The van der Waals surface area contributed by atoms with Crippen LogP contribution in [0.2, 0.25) is 0 Å². The van der Waals surface area contributed by atoms with Gasteiger partial charge in [-0.15, -0.1) is 6.42 Å². The molecule has 1 spiro atoms. The summed E-state index contributed by atoms with van der Waals surface area (Å²) >= 11 is 0. The van der Waals surface area contributed by atoms with Crippen LogP contribution < -0.4 is 52.2 Å². The Morgan fingerprint density at radius 3 is 2.19 bits per heavy atom. The quantitative estimate of drug-likeness (QED) is 0.00291. The number of terminal acetylenes is 1. The number of esters is 1. The van der Waals surface area contributed by atoms with Crippen LogP contribution in [0, 0.1) is 42.4 Å². The van der Waals surface area contributed by atoms with Gasteiger partial charge in [-0.2, -0.15) is 0 Å². The number of aliphatic hydroxyl groups is 3. The third-order valence-corrected chi connectivity index (χ3v) is 31.3. The molecule has 6 aromatic rings. The standard InChI is InChI=1S/C93H117N13O22S4/c1-10-31-106(50-58-18-23-69-65(43-58)81(115)97-57(7)96-69)61-21-19-60(20-22-61)80(114)99-70(82(116)117)24-25-76(111)127-35-39-131-129-37-27-62(108)41-54(4)78(112)95-56(6)73(109)42-55(5)79(113)100-71(83(118)119)48-94-75(110)28-38-130-132-40-36-128-88(122)102-101-87(121)93(124)85-92(30-34-105-32-15-29-90(12-3,84(92)105)86(93)120)66-44-67(74(125-9)45-72(66)103(85)8)91(52-126-53-107)47-59-46-89(123,11-2)51-104(49-59)33-26-64-63-16-13-14-17-68(63)98-77(64)91/h1,13-23,29,43-45,53-56,59,70-71,84-86,98,120,123-124H,11-12,24-28,30-42,46-52H2,2-9H3,(H,94,110)(H,95,112)(H,99,114)(H,100,113)(H,101,121)(H,102,122)(H,116,117)(H,118,119)(H,96,97,115)/t54-,55-,56+,59-,70+,71+,84+,85-,86-,89+,90-,91+,92-,93+/m1/s1. The average molecular weight is 1900 g/mol. The molecule has 1 aliphatic carbocycles. The number of Topliss-reactive ketones (excluding diaryl/α,β-unsaturated/α-hetero) is 2. The minimum Gasteiger partial charge on any atom is -0.496 e. The number of benzene rings is 4. The first-order valence-corrected chi connectivity index (χ1v) is 49.3. The van der Waals surface area contributed by atoms with Crippen LogP contribution in [0.25, 0.3) is 21.8 Å². The van der Waals surface area contributed by atoms with Gasteiger partial charge in [0.1, 0.15) is 55.4 Å². The number of hydrogen-bond donors (Lipinski definition) is 13. The molecule has 35 nitrogen and oxygen atoms in total. The molecule has 5 aliphatic heterocycles. The normalized spacial score (nSPS) is 23.8. The Bertz CT molecular complexity index is 5440. The van der Waals surface area contributed by atoms with Crippen molar-refractivity contribution in [1.29, 1.82) is 0 Å². The maximum absolute atomic E-state index is 15.2. The van der Waals surface area contributed by atoms with Crippen LogP contribution >= 0.6 is 43.2 Å². The minimum absolute atomic E-state index is 0.0164. The number of hydrazine groups is 1. The van der Waals surface area contributed by atoms with Crippen LogP contribution in [-0.2, 0) is 86.0 Å². The Balaban J connectivity index is 0.534. The van der Waals surface area contributed by atoms with Gasteiger partial charge in [-0.25, -0.2) is 24.8 Å². The number of aromatic amines is 2. The molecule has 12 rings (SSSR count). The fourth-order valence-electron chi connectivity index (χ4n) is 20.2. The number of carboxylic acids is 2. The summed E-state index contributed by atoms with van der Waals surface area (Å²) in [5, 5.41) is 70.0. The molecule has 13 N–H and O–H groups in total. The van der Waals surface area contributed by atoms with Crippen molar-refractivity contribution in [3.8, 4) is 18.1 Å². The minimum atomic E-state index is -2.62. The van der Waals surface area contributed by atoms with Crippen molar-refractivity contribution in [3.05, 3.63) is 141 Å². The Morgan fingerprint density at radius 1 is 0.780 bits per heavy atom. The molecular formula is C93H117N13O22S4. The number of aromatic nitrogens is 3. The van der Waals surface area contributed by atoms with Gasteiger partial charge >= 0.3 is 24.0 Å². The van der Waals surface area contributed by atoms with Gasteiger partial charge in [0.2, 0.25) is 17.7 Å². The zero-order valence-electron chi connectivity index (χ0n) is 75.1. The van der Waals surface area contributed by atoms with Crippen LogP contribution in [0.4, 0.5) is 16.2 Å². The van der Waals surface area contributed by atoms with E-state index < -0.39 is 141 Å². The summed E-state index contributed by atoms with van der Waals surface area (Å²) in [5.74, 6) is -5.18. The van der Waals surface area contributed by atoms with Crippen LogP contribution in [0.3, 0.4) is 0 Å². The second-order valence-electron chi connectivity index (χ2n) is 35.1. The number of aryl methyl sites for hydroxylation is 1. The van der Waals surface area contributed by atoms with Crippen molar-refractivity contribution < 1.29 is 102 Å². The van der Waals surface area contributed by atoms with Gasteiger partial charge in [0.15, 0.2) is 11.4 Å². The van der Waals surface area contributed by atoms with Crippen molar-refractivity contribution in [1.82, 2.24) is 56.9 Å². The lowest BCUT2D eigenvalue weighted by molar-refractivity contribution is -0.204. The summed E-state index contributed by atoms with van der Waals surface area (Å²) in [7, 11) is 8.53. The first-order chi connectivity index (χ1) is 63.1. The fourth-order valence-corrected chi connectivity index (χ4v) is 23.9. The maximum Gasteiger partial charge on any atom is 0.426 e. The summed E-state index contributed by atoms with van der Waals surface area (Å²) in [6.45, 7) is 13.2. The highest BCUT2D eigenvalue weighted by molar-refractivity contribution is 8.77. The number of nitrogens with zero attached hydrogens (tertiary/aromatic N) is 5. The van der Waals surface area contributed by atoms with E-state index in [-0.39, 0.29) is 99.2 Å². The lowest BCUT2D eigenvalue weighted by atomic mass is 9.47. The Morgan fingerprint density at radius 2 is 1.48 bits per heavy atom. The number of H-pyrrole nitrogens is 2. The highest BCUT2D eigenvalue weighted by Gasteiger charge is 2.79. The largest absolute Gasteiger partial charge is 0.496 e. The number of anilines is 2. The summed E-state index contributed by atoms with van der Waals surface area (Å²) < 4.78 is 23.2. The number of ether oxygens (including phenoxy) is 4. The summed E-state index contributed by atoms with van der Waals surface area (Å²) in [4.78, 5) is 189. The number of fused-ring (bicyclic) bond motifs is 7. The van der Waals surface area contributed by atoms with Gasteiger partial charge in [0.05, 0.1) is 47.7 Å². The van der Waals surface area contributed by atoms with Gasteiger partial charge in [-0.05, 0) is 136 Å². The molecule has 0 radical (unpaired) electrons. The second kappa shape index (κ2) is 44.0. The van der Waals surface area contributed by atoms with Crippen molar-refractivity contribution in [2.24, 2.45) is 23.2 Å². The molecule has 1 saturated carbocycles. The van der Waals surface area contributed by atoms with E-state index in [0.717, 1.165) is 33.3 Å². The highest BCUT2D eigenvalue weighted by atomic mass is 33.1. The van der Waals surface area contributed by atoms with Crippen molar-refractivity contribution in [3.63, 3.8) is 0 Å². The summed E-state index contributed by atoms with van der Waals surface area (Å²) in [6.07, 6.45) is 8.60. The van der Waals surface area contributed by atoms with Gasteiger partial charge in [0.25, 0.3) is 23.8 Å². The molecule has 6 amide bonds. The number of hydrogen-bond acceptors (Lipinski definition) is 29. The van der Waals surface area contributed by atoms with E-state index in [1.54, 1.807) is 45.3 Å². The molecular weight excluding hydrogens is 1780 g/mol. The molecule has 7 heterocycles. The number of carboxylic acid groups (broad SMARTS) is 2. The van der Waals surface area contributed by atoms with Crippen LogP contribution in [0.5, 0.6) is 5.75 Å². The predicted octanol–water partition coefficient (Wildman–Crippen LogP) is 6.32. The number of likely N-dealkylation sites (N-methyl/N-ethyl adjacent to an activating group) is 1. The number of piperidine rings is 1. The van der Waals surface area contributed by atoms with E-state index in [0.29, 0.717) is 135 Å². The lowest BCUT2D eigenvalue weighted by Gasteiger charge is -2.63. The topological polar surface area (TPSA) is 490 Å². The van der Waals surface area contributed by atoms with E-state index >= 15 is 4.79 Å². The van der Waals surface area contributed by atoms with Crippen molar-refractivity contribution >= 4 is 148 Å². The Kier molecular flexibility index (Phi) is 33.4. The van der Waals surface area contributed by atoms with Crippen LogP contribution in [0.15, 0.2) is 95.8 Å². The SMILES string of the molecule is C#CCN(Cc1ccc2nc(C)[nH]c(=O)c2c1)c1ccc(C(=O)N[C@@H](CCC(=O)OCCSSCCC(=O)C[C@@H](C)C(=O)N[C@@H](C)C(=O)C[C@@H](C)C(=O)N[C@@H](CNC(=O)CCSSCCOC(=O)NNC(=O)[C@@]2(O)[C@H](O)[C@]3(CC)C=CCN4CC[C@@]5(c6cc([C@@]7(COC=O)C[C@@H]8CN(CCc9c7[nH]c7ccccc97)C[C@](O)(CC)C8)c(OC)cc6N(C)[C@@H]25)[C@@H]43)C(=O)O)C(=O)O)cc1. The number of rotatable bonds is 44. The van der Waals surface area contributed by atoms with E-state index in [9.17, 15) is 83.1 Å². The first kappa shape index (κ1) is 100. The zero-order valence-corrected chi connectivity index (χ0v) is 78.4. The monoisotopic (exact) mass is 1900 g/mol. The number of para-hydroxylation sites is 1. The van der Waals surface area contributed by atoms with Crippen LogP contribution in [-0.4, -0.2) is 272 Å². The van der Waals surface area contributed by atoms with Crippen LogP contribution in [0.1, 0.15) is 149 Å². The molecule has 4 aromatic carbocycles. The molecule has 2 saturated heterocycles. The summed E-state index contributed by atoms with van der Waals surface area (Å²) in [5.41, 5.74) is 4.63. The van der Waals surface area contributed by atoms with E-state index in [2.05, 4.69) is 74.9 Å². The molecule has 39 heteroatoms. The first-order valence-electron chi connectivity index (χ1n) is 44.3. The molecule has 3 fully saturated rings. The number of ketones is 2. The van der Waals surface area contributed by atoms with E-state index in [1.807, 2.05) is 66.1 Å². The zero-order chi connectivity index (χ0) is 95.2. The number of aliphatic carboxylic acids is 2. The van der Waals surface area contributed by atoms with E-state index in [1.165, 1.54) is 76.1 Å².